The fourth-order valence-corrected chi connectivity index (χ4v) is 4.15. The van der Waals surface area contributed by atoms with Gasteiger partial charge in [-0.15, -0.1) is 0 Å². The van der Waals surface area contributed by atoms with Gasteiger partial charge in [0.25, 0.3) is 0 Å². The maximum Gasteiger partial charge on any atom is 0.410 e. The summed E-state index contributed by atoms with van der Waals surface area (Å²) in [7, 11) is 0. The van der Waals surface area contributed by atoms with Crippen LogP contribution >= 0.6 is 0 Å². The summed E-state index contributed by atoms with van der Waals surface area (Å²) in [6.45, 7) is 10.9. The first-order valence-corrected chi connectivity index (χ1v) is 11.4. The van der Waals surface area contributed by atoms with Crippen LogP contribution in [0.4, 0.5) is 4.79 Å². The van der Waals surface area contributed by atoms with Crippen LogP contribution in [-0.2, 0) is 9.57 Å². The van der Waals surface area contributed by atoms with E-state index in [1.54, 1.807) is 12.4 Å². The highest BCUT2D eigenvalue weighted by Crippen LogP contribution is 2.28. The number of fused-ring (bicyclic) bond motifs is 1. The number of pyridine rings is 1. The van der Waals surface area contributed by atoms with Crippen molar-refractivity contribution in [3.8, 4) is 0 Å². The van der Waals surface area contributed by atoms with Crippen LogP contribution in [0.5, 0.6) is 0 Å². The topological polar surface area (TPSA) is 92.4 Å². The number of nitrogens with one attached hydrogen (secondary N) is 1. The van der Waals surface area contributed by atoms with E-state index in [9.17, 15) is 4.79 Å². The number of ether oxygens (including phenoxy) is 1. The molecule has 1 atom stereocenters. The molecular weight excluding hydrogens is 410 g/mol. The second kappa shape index (κ2) is 9.46. The zero-order valence-electron chi connectivity index (χ0n) is 19.3. The molecule has 1 unspecified atom stereocenters. The molecule has 1 amide bonds. The van der Waals surface area contributed by atoms with Gasteiger partial charge in [0.2, 0.25) is 6.23 Å². The second-order valence-corrected chi connectivity index (χ2v) is 9.38. The van der Waals surface area contributed by atoms with Gasteiger partial charge >= 0.3 is 6.09 Å². The fraction of sp³-hybridized carbons (Fsp3) is 0.609. The lowest BCUT2D eigenvalue weighted by Gasteiger charge is -2.38. The molecule has 0 aliphatic carbocycles. The molecule has 2 aromatic rings. The van der Waals surface area contributed by atoms with Crippen LogP contribution < -0.4 is 5.48 Å². The Kier molecular flexibility index (Phi) is 6.66. The van der Waals surface area contributed by atoms with Crippen LogP contribution in [0, 0.1) is 0 Å². The van der Waals surface area contributed by atoms with Gasteiger partial charge in [-0.2, -0.15) is 0 Å². The Morgan fingerprint density at radius 1 is 1.34 bits per heavy atom. The molecule has 2 aliphatic rings. The Balaban J connectivity index is 1.35. The van der Waals surface area contributed by atoms with Crippen molar-refractivity contribution in [1.82, 2.24) is 20.3 Å². The van der Waals surface area contributed by atoms with Crippen LogP contribution in [0.2, 0.25) is 0 Å². The van der Waals surface area contributed by atoms with E-state index in [0.29, 0.717) is 31.4 Å². The normalized spacial score (nSPS) is 20.0. The molecule has 174 valence electrons. The lowest BCUT2D eigenvalue weighted by atomic mass is 10.0. The van der Waals surface area contributed by atoms with Gasteiger partial charge in [0.15, 0.2) is 5.76 Å². The van der Waals surface area contributed by atoms with E-state index in [0.717, 1.165) is 42.6 Å². The predicted octanol–water partition coefficient (Wildman–Crippen LogP) is 3.87. The van der Waals surface area contributed by atoms with E-state index in [1.165, 1.54) is 0 Å². The van der Waals surface area contributed by atoms with E-state index in [2.05, 4.69) is 22.3 Å². The Morgan fingerprint density at radius 3 is 2.81 bits per heavy atom. The lowest BCUT2D eigenvalue weighted by molar-refractivity contribution is 0.0144. The molecule has 0 bridgehead atoms. The van der Waals surface area contributed by atoms with Crippen molar-refractivity contribution in [2.75, 3.05) is 26.2 Å². The van der Waals surface area contributed by atoms with E-state index in [1.807, 2.05) is 37.8 Å². The minimum Gasteiger partial charge on any atom is -0.456 e. The SMILES string of the molecule is CCCN(CC1=NC(c2cc3cnccc3o2)ON1)C1CCN(C(=O)OC(C)(C)C)CC1. The van der Waals surface area contributed by atoms with Gasteiger partial charge in [0, 0.05) is 36.9 Å². The first-order valence-electron chi connectivity index (χ1n) is 11.4. The van der Waals surface area contributed by atoms with Crippen LogP contribution in [0.3, 0.4) is 0 Å². The number of aliphatic imine (C=N–C) groups is 1. The minimum absolute atomic E-state index is 0.225. The zero-order valence-corrected chi connectivity index (χ0v) is 19.3. The fourth-order valence-electron chi connectivity index (χ4n) is 4.15. The van der Waals surface area contributed by atoms with Gasteiger partial charge in [0.1, 0.15) is 17.0 Å². The molecule has 0 aromatic carbocycles. The maximum atomic E-state index is 12.4. The van der Waals surface area contributed by atoms with Gasteiger partial charge in [-0.05, 0) is 58.7 Å². The highest BCUT2D eigenvalue weighted by Gasteiger charge is 2.31. The number of rotatable bonds is 6. The number of carbonyl (C=O) groups excluding carboxylic acids is 1. The molecule has 2 aromatic heterocycles. The number of amides is 1. The molecule has 32 heavy (non-hydrogen) atoms. The quantitative estimate of drug-likeness (QED) is 0.724. The van der Waals surface area contributed by atoms with Gasteiger partial charge in [-0.3, -0.25) is 9.88 Å². The number of carbonyl (C=O) groups is 1. The third-order valence-corrected chi connectivity index (χ3v) is 5.64. The number of nitrogens with zero attached hydrogens (tertiary/aromatic N) is 4. The Labute approximate surface area is 188 Å². The molecule has 1 fully saturated rings. The molecule has 9 nitrogen and oxygen atoms in total. The van der Waals surface area contributed by atoms with Crippen LogP contribution in [0.1, 0.15) is 58.9 Å². The van der Waals surface area contributed by atoms with Crippen molar-refractivity contribution in [3.05, 3.63) is 30.3 Å². The van der Waals surface area contributed by atoms with Crippen molar-refractivity contribution >= 4 is 22.9 Å². The number of hydrogen-bond acceptors (Lipinski definition) is 8. The molecule has 0 radical (unpaired) electrons. The van der Waals surface area contributed by atoms with Crippen molar-refractivity contribution in [2.45, 2.75) is 64.8 Å². The van der Waals surface area contributed by atoms with Gasteiger partial charge < -0.3 is 14.1 Å². The summed E-state index contributed by atoms with van der Waals surface area (Å²) < 4.78 is 11.4. The summed E-state index contributed by atoms with van der Waals surface area (Å²) in [6.07, 6.45) is 5.60. The Morgan fingerprint density at radius 2 is 2.12 bits per heavy atom. The number of amidine groups is 1. The summed E-state index contributed by atoms with van der Waals surface area (Å²) in [6, 6.07) is 4.13. The standard InChI is InChI=1S/C23H33N5O4/c1-5-10-28(17-7-11-27(12-8-17)22(29)31-23(2,3)4)15-20-25-21(32-26-20)19-13-16-14-24-9-6-18(16)30-19/h6,9,13-14,17,21H,5,7-8,10-12,15H2,1-4H3,(H,25,26). The molecule has 1 saturated heterocycles. The first kappa shape index (κ1) is 22.5. The van der Waals surface area contributed by atoms with Crippen molar-refractivity contribution < 1.29 is 18.8 Å². The number of likely N-dealkylation sites (tertiary alicyclic amines) is 1. The molecule has 1 N–H and O–H groups in total. The monoisotopic (exact) mass is 443 g/mol. The van der Waals surface area contributed by atoms with Crippen LogP contribution in [0.15, 0.2) is 33.9 Å². The third kappa shape index (κ3) is 5.39. The average molecular weight is 444 g/mol. The van der Waals surface area contributed by atoms with E-state index in [-0.39, 0.29) is 6.09 Å². The Hall–Kier alpha value is -2.65. The van der Waals surface area contributed by atoms with E-state index in [4.69, 9.17) is 19.0 Å². The van der Waals surface area contributed by atoms with E-state index < -0.39 is 11.8 Å². The largest absolute Gasteiger partial charge is 0.456 e. The zero-order chi connectivity index (χ0) is 22.7. The second-order valence-electron chi connectivity index (χ2n) is 9.38. The van der Waals surface area contributed by atoms with Gasteiger partial charge in [-0.1, -0.05) is 6.92 Å². The molecule has 0 saturated carbocycles. The highest BCUT2D eigenvalue weighted by molar-refractivity contribution is 5.84. The number of furan rings is 1. The number of hydrogen-bond donors (Lipinski definition) is 1. The number of aromatic nitrogens is 1. The molecular formula is C23H33N5O4. The number of piperidine rings is 1. The molecule has 0 spiro atoms. The highest BCUT2D eigenvalue weighted by atomic mass is 16.7. The smallest absolute Gasteiger partial charge is 0.410 e. The van der Waals surface area contributed by atoms with Crippen molar-refractivity contribution in [2.24, 2.45) is 4.99 Å². The van der Waals surface area contributed by atoms with Gasteiger partial charge in [-0.25, -0.2) is 20.1 Å². The number of hydroxylamine groups is 1. The first-order chi connectivity index (χ1) is 15.3. The van der Waals surface area contributed by atoms with Crippen molar-refractivity contribution in [3.63, 3.8) is 0 Å². The minimum atomic E-state index is -0.505. The summed E-state index contributed by atoms with van der Waals surface area (Å²) >= 11 is 0. The van der Waals surface area contributed by atoms with Crippen LogP contribution in [-0.4, -0.2) is 64.5 Å². The summed E-state index contributed by atoms with van der Waals surface area (Å²) in [5, 5.41) is 0.930. The summed E-state index contributed by atoms with van der Waals surface area (Å²) in [4.78, 5) is 31.1. The molecule has 4 rings (SSSR count). The lowest BCUT2D eigenvalue weighted by Crippen LogP contribution is -2.50. The van der Waals surface area contributed by atoms with Crippen LogP contribution in [0.25, 0.3) is 11.0 Å². The average Bonchev–Trinajstić information content (AvgIpc) is 3.39. The van der Waals surface area contributed by atoms with Gasteiger partial charge in [0.05, 0.1) is 6.54 Å². The van der Waals surface area contributed by atoms with E-state index >= 15 is 0 Å². The van der Waals surface area contributed by atoms with Crippen molar-refractivity contribution in [1.29, 1.82) is 0 Å². The Bertz CT molecular complexity index is 926. The molecule has 9 heteroatoms. The predicted molar refractivity (Wildman–Crippen MR) is 121 cm³/mol. The summed E-state index contributed by atoms with van der Waals surface area (Å²) in [5.74, 6) is 1.44. The summed E-state index contributed by atoms with van der Waals surface area (Å²) in [5.41, 5.74) is 3.28. The third-order valence-electron chi connectivity index (χ3n) is 5.64. The molecule has 2 aliphatic heterocycles. The molecule has 4 heterocycles. The maximum absolute atomic E-state index is 12.4.